The molecule has 5 saturated carbocycles. The second-order valence-corrected chi connectivity index (χ2v) is 10.4. The fraction of sp³-hybridized carbons (Fsp3) is 0.800. The van der Waals surface area contributed by atoms with Crippen molar-refractivity contribution in [1.29, 1.82) is 0 Å². The predicted molar refractivity (Wildman–Crippen MR) is 95.0 cm³/mol. The Kier molecular flexibility index (Phi) is 3.56. The topological polar surface area (TPSA) is 69.7 Å². The van der Waals surface area contributed by atoms with E-state index in [1.165, 1.54) is 0 Å². The average Bonchev–Trinajstić information content (AvgIpc) is 2.63. The van der Waals surface area contributed by atoms with Crippen molar-refractivity contribution in [2.45, 2.75) is 51.9 Å². The summed E-state index contributed by atoms with van der Waals surface area (Å²) in [6, 6.07) is 0. The van der Waals surface area contributed by atoms with E-state index < -0.39 is 16.8 Å². The molecular formula is C20H26O5S. The number of carbonyl (C=O) groups is 2. The molecule has 7 atom stereocenters. The third kappa shape index (κ3) is 1.91. The number of Topliss-reactive ketones (excluding diaryl/α,β-unsaturated/α-hetero) is 2. The van der Waals surface area contributed by atoms with E-state index in [0.717, 1.165) is 32.1 Å². The van der Waals surface area contributed by atoms with E-state index in [-0.39, 0.29) is 40.2 Å². The Bertz CT molecular complexity index is 746. The Hall–Kier alpha value is -0.850. The first kappa shape index (κ1) is 17.3. The van der Waals surface area contributed by atoms with E-state index >= 15 is 0 Å². The van der Waals surface area contributed by atoms with Gasteiger partial charge in [-0.1, -0.05) is 19.9 Å². The van der Waals surface area contributed by atoms with Gasteiger partial charge in [-0.05, 0) is 60.8 Å². The molecule has 1 saturated heterocycles. The molecule has 6 fully saturated rings. The summed E-state index contributed by atoms with van der Waals surface area (Å²) >= 11 is -1.75. The molecule has 6 rings (SSSR count). The zero-order valence-corrected chi connectivity index (χ0v) is 16.1. The Labute approximate surface area is 156 Å². The van der Waals surface area contributed by atoms with Gasteiger partial charge in [0.1, 0.15) is 5.78 Å². The minimum atomic E-state index is -1.75. The van der Waals surface area contributed by atoms with Crippen LogP contribution in [-0.2, 0) is 29.3 Å². The largest absolute Gasteiger partial charge is 0.304 e. The highest BCUT2D eigenvalue weighted by Crippen LogP contribution is 2.70. The summed E-state index contributed by atoms with van der Waals surface area (Å²) in [4.78, 5) is 26.7. The van der Waals surface area contributed by atoms with E-state index in [0.29, 0.717) is 31.6 Å². The van der Waals surface area contributed by atoms with Gasteiger partial charge in [-0.15, -0.1) is 0 Å². The van der Waals surface area contributed by atoms with Gasteiger partial charge in [-0.2, -0.15) is 4.21 Å². The van der Waals surface area contributed by atoms with Gasteiger partial charge >= 0.3 is 11.4 Å². The van der Waals surface area contributed by atoms with Crippen molar-refractivity contribution in [3.05, 3.63) is 12.2 Å². The number of rotatable bonds is 0. The van der Waals surface area contributed by atoms with Gasteiger partial charge in [-0.3, -0.25) is 18.0 Å². The van der Waals surface area contributed by atoms with Crippen LogP contribution in [0, 0.1) is 34.0 Å². The van der Waals surface area contributed by atoms with Gasteiger partial charge in [0.05, 0.1) is 18.6 Å². The molecule has 1 heterocycles. The Morgan fingerprint density at radius 1 is 1.12 bits per heavy atom. The minimum Gasteiger partial charge on any atom is -0.299 e. The average molecular weight is 378 g/mol. The predicted octanol–water partition coefficient (Wildman–Crippen LogP) is 2.92. The van der Waals surface area contributed by atoms with Crippen molar-refractivity contribution >= 4 is 22.9 Å². The van der Waals surface area contributed by atoms with Crippen LogP contribution in [0.4, 0.5) is 0 Å². The molecule has 26 heavy (non-hydrogen) atoms. The van der Waals surface area contributed by atoms with Crippen LogP contribution >= 0.6 is 0 Å². The lowest BCUT2D eigenvalue weighted by molar-refractivity contribution is -0.201. The smallest absolute Gasteiger partial charge is 0.299 e. The first-order valence-electron chi connectivity index (χ1n) is 9.79. The number of ketones is 2. The van der Waals surface area contributed by atoms with Crippen LogP contribution in [0.2, 0.25) is 0 Å². The second-order valence-electron chi connectivity index (χ2n) is 9.50. The molecule has 1 aliphatic heterocycles. The van der Waals surface area contributed by atoms with Crippen LogP contribution in [0.1, 0.15) is 51.9 Å². The van der Waals surface area contributed by atoms with Gasteiger partial charge in [0.25, 0.3) is 0 Å². The molecule has 6 aliphatic rings. The minimum absolute atomic E-state index is 0.00506. The molecule has 1 spiro atoms. The van der Waals surface area contributed by atoms with Crippen LogP contribution in [0.3, 0.4) is 0 Å². The van der Waals surface area contributed by atoms with Crippen LogP contribution in [0.5, 0.6) is 0 Å². The molecule has 6 heteroatoms. The van der Waals surface area contributed by atoms with E-state index in [2.05, 4.69) is 13.5 Å². The summed E-state index contributed by atoms with van der Waals surface area (Å²) < 4.78 is 23.2. The SMILES string of the molecule is C=C1C(=O)[C@]23CC[C@H]1CC2[C@@]12CCCC(C)(COS(=O)OC1)C2CC3=O. The molecule has 5 aliphatic carbocycles. The summed E-state index contributed by atoms with van der Waals surface area (Å²) in [6.07, 6.45) is 5.75. The Morgan fingerprint density at radius 2 is 1.88 bits per heavy atom. The quantitative estimate of drug-likeness (QED) is 0.479. The number of carbonyl (C=O) groups excluding carboxylic acids is 2. The fourth-order valence-electron chi connectivity index (χ4n) is 7.34. The van der Waals surface area contributed by atoms with Gasteiger partial charge in [0.15, 0.2) is 5.78 Å². The molecule has 0 amide bonds. The van der Waals surface area contributed by atoms with Gasteiger partial charge in [-0.25, -0.2) is 0 Å². The first-order valence-corrected chi connectivity index (χ1v) is 10.8. The molecule has 0 aromatic heterocycles. The van der Waals surface area contributed by atoms with Crippen molar-refractivity contribution in [1.82, 2.24) is 0 Å². The molecule has 5 nitrogen and oxygen atoms in total. The Balaban J connectivity index is 1.68. The van der Waals surface area contributed by atoms with Gasteiger partial charge < -0.3 is 0 Å². The molecular weight excluding hydrogens is 352 g/mol. The highest BCUT2D eigenvalue weighted by Gasteiger charge is 2.72. The summed E-state index contributed by atoms with van der Waals surface area (Å²) in [6.45, 7) is 6.88. The molecule has 0 radical (unpaired) electrons. The van der Waals surface area contributed by atoms with E-state index in [1.54, 1.807) is 0 Å². The zero-order chi connectivity index (χ0) is 18.3. The van der Waals surface area contributed by atoms with Crippen molar-refractivity contribution in [2.24, 2.45) is 34.0 Å². The van der Waals surface area contributed by atoms with Crippen LogP contribution < -0.4 is 0 Å². The first-order chi connectivity index (χ1) is 12.3. The summed E-state index contributed by atoms with van der Waals surface area (Å²) in [5.74, 6) is 0.421. The van der Waals surface area contributed by atoms with E-state index in [4.69, 9.17) is 8.37 Å². The second kappa shape index (κ2) is 5.36. The number of allylic oxidation sites excluding steroid dienone is 1. The third-order valence-electron chi connectivity index (χ3n) is 8.61. The lowest BCUT2D eigenvalue weighted by Crippen LogP contribution is -2.69. The number of fused-ring (bicyclic) bond motifs is 2. The lowest BCUT2D eigenvalue weighted by atomic mass is 9.36. The summed E-state index contributed by atoms with van der Waals surface area (Å²) in [5.41, 5.74) is -0.681. The monoisotopic (exact) mass is 378 g/mol. The molecule has 4 bridgehead atoms. The van der Waals surface area contributed by atoms with E-state index in [9.17, 15) is 13.8 Å². The molecule has 0 aromatic carbocycles. The number of hydrogen-bond donors (Lipinski definition) is 0. The highest BCUT2D eigenvalue weighted by molar-refractivity contribution is 7.75. The summed E-state index contributed by atoms with van der Waals surface area (Å²) in [5, 5.41) is 0. The molecule has 0 N–H and O–H groups in total. The molecule has 4 unspecified atom stereocenters. The lowest BCUT2D eigenvalue weighted by Gasteiger charge is -2.67. The zero-order valence-electron chi connectivity index (χ0n) is 15.3. The summed E-state index contributed by atoms with van der Waals surface area (Å²) in [7, 11) is 0. The van der Waals surface area contributed by atoms with Crippen molar-refractivity contribution in [2.75, 3.05) is 13.2 Å². The standard InChI is InChI=1S/C20H26O5S/c1-12-13-4-7-20(17(12)22)15(8-13)19-6-3-5-18(2,14(19)9-16(20)21)10-24-26(23)25-11-19/h13-15H,1,3-11H2,2H3/t13-,14?,15?,18?,19-,20+,26?/m0/s1. The fourth-order valence-corrected chi connectivity index (χ4v) is 8.09. The normalized spacial score (nSPS) is 53.5. The molecule has 0 aromatic rings. The number of hydrogen-bond acceptors (Lipinski definition) is 5. The maximum Gasteiger partial charge on any atom is 0.304 e. The maximum absolute atomic E-state index is 13.4. The molecule has 142 valence electrons. The van der Waals surface area contributed by atoms with Gasteiger partial charge in [0.2, 0.25) is 0 Å². The highest BCUT2D eigenvalue weighted by atomic mass is 32.2. The van der Waals surface area contributed by atoms with E-state index in [1.807, 2.05) is 0 Å². The van der Waals surface area contributed by atoms with Crippen LogP contribution in [0.15, 0.2) is 12.2 Å². The third-order valence-corrected chi connectivity index (χ3v) is 9.23. The van der Waals surface area contributed by atoms with Crippen LogP contribution in [0.25, 0.3) is 0 Å². The maximum atomic E-state index is 13.4. The van der Waals surface area contributed by atoms with Crippen molar-refractivity contribution < 1.29 is 22.2 Å². The van der Waals surface area contributed by atoms with Crippen molar-refractivity contribution in [3.63, 3.8) is 0 Å². The Morgan fingerprint density at radius 3 is 2.69 bits per heavy atom. The van der Waals surface area contributed by atoms with Crippen LogP contribution in [-0.4, -0.2) is 29.0 Å². The van der Waals surface area contributed by atoms with Crippen molar-refractivity contribution in [3.8, 4) is 0 Å². The van der Waals surface area contributed by atoms with Gasteiger partial charge in [0, 0.05) is 11.8 Å².